The van der Waals surface area contributed by atoms with E-state index < -0.39 is 0 Å². The van der Waals surface area contributed by atoms with Gasteiger partial charge in [0.05, 0.1) is 13.0 Å². The van der Waals surface area contributed by atoms with Crippen LogP contribution in [0, 0.1) is 0 Å². The summed E-state index contributed by atoms with van der Waals surface area (Å²) in [5.74, 6) is 0.877. The Kier molecular flexibility index (Phi) is 6.90. The van der Waals surface area contributed by atoms with Crippen molar-refractivity contribution in [3.8, 4) is 11.4 Å². The molecule has 32 heavy (non-hydrogen) atoms. The number of benzene rings is 2. The zero-order chi connectivity index (χ0) is 22.3. The average molecular weight is 432 g/mol. The van der Waals surface area contributed by atoms with Gasteiger partial charge in [0.2, 0.25) is 5.91 Å². The molecule has 6 heteroatoms. The maximum atomic E-state index is 12.7. The van der Waals surface area contributed by atoms with Gasteiger partial charge in [-0.1, -0.05) is 12.1 Å². The standard InChI is InChI=1S/C26H29N3O3/c1-2-32-24-11-5-20(6-12-24)19-25(30)29-17-13-22(14-18-29)27-26(31)21-7-9-23(10-8-21)28-15-3-4-16-28/h3-12,15-16,22H,2,13-14,17-19H2,1H3,(H,27,31). The number of amides is 2. The van der Waals surface area contributed by atoms with E-state index in [4.69, 9.17) is 4.74 Å². The maximum absolute atomic E-state index is 12.7. The van der Waals surface area contributed by atoms with Crippen molar-refractivity contribution in [1.29, 1.82) is 0 Å². The van der Waals surface area contributed by atoms with Gasteiger partial charge in [-0.25, -0.2) is 0 Å². The van der Waals surface area contributed by atoms with Crippen molar-refractivity contribution in [2.45, 2.75) is 32.2 Å². The predicted molar refractivity (Wildman–Crippen MR) is 124 cm³/mol. The van der Waals surface area contributed by atoms with Crippen molar-refractivity contribution >= 4 is 11.8 Å². The summed E-state index contributed by atoms with van der Waals surface area (Å²) in [5.41, 5.74) is 2.65. The second-order valence-corrected chi connectivity index (χ2v) is 8.02. The first kappa shape index (κ1) is 21.7. The largest absolute Gasteiger partial charge is 0.494 e. The van der Waals surface area contributed by atoms with E-state index in [0.29, 0.717) is 31.7 Å². The minimum absolute atomic E-state index is 0.0665. The highest BCUT2D eigenvalue weighted by atomic mass is 16.5. The first-order valence-corrected chi connectivity index (χ1v) is 11.2. The molecule has 0 saturated carbocycles. The summed E-state index contributed by atoms with van der Waals surface area (Å²) in [7, 11) is 0. The summed E-state index contributed by atoms with van der Waals surface area (Å²) in [5, 5.41) is 3.12. The molecule has 2 heterocycles. The molecule has 2 aromatic carbocycles. The number of hydrogen-bond acceptors (Lipinski definition) is 3. The summed E-state index contributed by atoms with van der Waals surface area (Å²) in [6.07, 6.45) is 5.86. The molecule has 4 rings (SSSR count). The number of hydrogen-bond donors (Lipinski definition) is 1. The molecule has 1 aromatic heterocycles. The van der Waals surface area contributed by atoms with Crippen LogP contribution in [-0.4, -0.2) is 47.0 Å². The molecule has 166 valence electrons. The highest BCUT2D eigenvalue weighted by Crippen LogP contribution is 2.16. The number of aromatic nitrogens is 1. The normalized spacial score (nSPS) is 14.2. The molecular weight excluding hydrogens is 402 g/mol. The van der Waals surface area contributed by atoms with Crippen LogP contribution in [0.4, 0.5) is 0 Å². The van der Waals surface area contributed by atoms with Crippen LogP contribution < -0.4 is 10.1 Å². The van der Waals surface area contributed by atoms with Gasteiger partial charge >= 0.3 is 0 Å². The zero-order valence-corrected chi connectivity index (χ0v) is 18.4. The summed E-state index contributed by atoms with van der Waals surface area (Å²) in [6.45, 7) is 3.90. The van der Waals surface area contributed by atoms with Crippen molar-refractivity contribution in [1.82, 2.24) is 14.8 Å². The Labute approximate surface area is 188 Å². The Bertz CT molecular complexity index is 1020. The quantitative estimate of drug-likeness (QED) is 0.618. The summed E-state index contributed by atoms with van der Waals surface area (Å²) < 4.78 is 7.45. The minimum Gasteiger partial charge on any atom is -0.494 e. The molecule has 0 radical (unpaired) electrons. The number of rotatable bonds is 7. The number of carbonyl (C=O) groups is 2. The number of nitrogens with one attached hydrogen (secondary N) is 1. The van der Waals surface area contributed by atoms with Crippen LogP contribution in [0.3, 0.4) is 0 Å². The highest BCUT2D eigenvalue weighted by molar-refractivity contribution is 5.94. The van der Waals surface area contributed by atoms with E-state index in [2.05, 4.69) is 5.32 Å². The SMILES string of the molecule is CCOc1ccc(CC(=O)N2CCC(NC(=O)c3ccc(-n4cccc4)cc3)CC2)cc1. The molecule has 0 atom stereocenters. The molecular formula is C26H29N3O3. The molecule has 0 aliphatic carbocycles. The molecule has 0 bridgehead atoms. The van der Waals surface area contributed by atoms with Crippen molar-refractivity contribution in [3.05, 3.63) is 84.2 Å². The fourth-order valence-electron chi connectivity index (χ4n) is 3.99. The summed E-state index contributed by atoms with van der Waals surface area (Å²) in [4.78, 5) is 27.2. The topological polar surface area (TPSA) is 63.6 Å². The van der Waals surface area contributed by atoms with Gasteiger partial charge in [0, 0.05) is 42.8 Å². The van der Waals surface area contributed by atoms with Gasteiger partial charge in [-0.15, -0.1) is 0 Å². The van der Waals surface area contributed by atoms with Gasteiger partial charge in [0.15, 0.2) is 0 Å². The first-order valence-electron chi connectivity index (χ1n) is 11.2. The van der Waals surface area contributed by atoms with E-state index in [1.54, 1.807) is 0 Å². The third kappa shape index (κ3) is 5.38. The molecule has 2 amide bonds. The molecule has 1 N–H and O–H groups in total. The third-order valence-corrected chi connectivity index (χ3v) is 5.80. The number of piperidine rings is 1. The maximum Gasteiger partial charge on any atom is 0.251 e. The van der Waals surface area contributed by atoms with Crippen molar-refractivity contribution in [2.75, 3.05) is 19.7 Å². The zero-order valence-electron chi connectivity index (χ0n) is 18.4. The summed E-state index contributed by atoms with van der Waals surface area (Å²) >= 11 is 0. The van der Waals surface area contributed by atoms with Gasteiger partial charge in [0.25, 0.3) is 5.91 Å². The van der Waals surface area contributed by atoms with Gasteiger partial charge in [-0.2, -0.15) is 0 Å². The highest BCUT2D eigenvalue weighted by Gasteiger charge is 2.24. The van der Waals surface area contributed by atoms with E-state index in [1.807, 2.05) is 89.4 Å². The Morgan fingerprint density at radius 1 is 0.969 bits per heavy atom. The molecule has 1 aliphatic rings. The lowest BCUT2D eigenvalue weighted by atomic mass is 10.0. The molecule has 6 nitrogen and oxygen atoms in total. The predicted octanol–water partition coefficient (Wildman–Crippen LogP) is 3.84. The van der Waals surface area contributed by atoms with Gasteiger partial charge in [-0.05, 0) is 73.9 Å². The molecule has 0 spiro atoms. The average Bonchev–Trinajstić information content (AvgIpc) is 3.36. The minimum atomic E-state index is -0.0665. The van der Waals surface area contributed by atoms with Crippen LogP contribution in [0.15, 0.2) is 73.1 Å². The van der Waals surface area contributed by atoms with E-state index in [1.165, 1.54) is 0 Å². The second kappa shape index (κ2) is 10.2. The van der Waals surface area contributed by atoms with Crippen LogP contribution in [0.1, 0.15) is 35.7 Å². The number of ether oxygens (including phenoxy) is 1. The van der Waals surface area contributed by atoms with Crippen LogP contribution in [0.25, 0.3) is 5.69 Å². The van der Waals surface area contributed by atoms with E-state index in [9.17, 15) is 9.59 Å². The van der Waals surface area contributed by atoms with Crippen LogP contribution in [-0.2, 0) is 11.2 Å². The lowest BCUT2D eigenvalue weighted by Gasteiger charge is -2.32. The smallest absolute Gasteiger partial charge is 0.251 e. The molecule has 1 saturated heterocycles. The Morgan fingerprint density at radius 2 is 1.62 bits per heavy atom. The molecule has 0 unspecified atom stereocenters. The van der Waals surface area contributed by atoms with Crippen molar-refractivity contribution in [2.24, 2.45) is 0 Å². The number of carbonyl (C=O) groups excluding carboxylic acids is 2. The van der Waals surface area contributed by atoms with Crippen LogP contribution in [0.2, 0.25) is 0 Å². The number of likely N-dealkylation sites (tertiary alicyclic amines) is 1. The Morgan fingerprint density at radius 3 is 2.25 bits per heavy atom. The lowest BCUT2D eigenvalue weighted by molar-refractivity contribution is -0.131. The molecule has 1 fully saturated rings. The fourth-order valence-corrected chi connectivity index (χ4v) is 3.99. The molecule has 3 aromatic rings. The second-order valence-electron chi connectivity index (χ2n) is 8.02. The Balaban J connectivity index is 1.24. The molecule has 1 aliphatic heterocycles. The van der Waals surface area contributed by atoms with Gasteiger partial charge < -0.3 is 19.5 Å². The van der Waals surface area contributed by atoms with E-state index in [-0.39, 0.29) is 17.9 Å². The van der Waals surface area contributed by atoms with Gasteiger partial charge in [0.1, 0.15) is 5.75 Å². The van der Waals surface area contributed by atoms with Crippen molar-refractivity contribution in [3.63, 3.8) is 0 Å². The third-order valence-electron chi connectivity index (χ3n) is 5.80. The Hall–Kier alpha value is -3.54. The lowest BCUT2D eigenvalue weighted by Crippen LogP contribution is -2.47. The van der Waals surface area contributed by atoms with E-state index >= 15 is 0 Å². The van der Waals surface area contributed by atoms with Gasteiger partial charge in [-0.3, -0.25) is 9.59 Å². The van der Waals surface area contributed by atoms with Crippen LogP contribution >= 0.6 is 0 Å². The summed E-state index contributed by atoms with van der Waals surface area (Å²) in [6, 6.07) is 19.3. The fraction of sp³-hybridized carbons (Fsp3) is 0.308. The van der Waals surface area contributed by atoms with E-state index in [0.717, 1.165) is 29.8 Å². The van der Waals surface area contributed by atoms with Crippen molar-refractivity contribution < 1.29 is 14.3 Å². The monoisotopic (exact) mass is 431 g/mol. The van der Waals surface area contributed by atoms with Crippen LogP contribution in [0.5, 0.6) is 5.75 Å². The first-order chi connectivity index (χ1) is 15.6. The number of nitrogens with zero attached hydrogens (tertiary/aromatic N) is 2.